The molecule has 0 saturated carbocycles. The molecule has 0 aromatic carbocycles. The molecule has 268 valence electrons. The van der Waals surface area contributed by atoms with E-state index in [9.17, 15) is 14.7 Å². The van der Waals surface area contributed by atoms with E-state index >= 15 is 0 Å². The monoisotopic (exact) mass is 647 g/mol. The summed E-state index contributed by atoms with van der Waals surface area (Å²) in [4.78, 5) is 24.2. The van der Waals surface area contributed by atoms with Gasteiger partial charge < -0.3 is 14.6 Å². The molecule has 0 aliphatic heterocycles. The maximum atomic E-state index is 12.2. The summed E-state index contributed by atoms with van der Waals surface area (Å²) in [5.41, 5.74) is 0. The highest BCUT2D eigenvalue weighted by atomic mass is 16.6. The van der Waals surface area contributed by atoms with Crippen molar-refractivity contribution in [2.24, 2.45) is 0 Å². The molecule has 0 spiro atoms. The molecule has 0 amide bonds. The molecule has 0 heterocycles. The number of esters is 2. The van der Waals surface area contributed by atoms with Crippen molar-refractivity contribution >= 4 is 11.9 Å². The number of aliphatic hydroxyl groups excluding tert-OH is 1. The SMILES string of the molecule is CCCCCCC/C=C\C/C=C\C/C=C\CCCCCCCCC(=O)OC(CO)COC(=O)CCCCCCCCCCCCC. The lowest BCUT2D eigenvalue weighted by atomic mass is 10.1. The summed E-state index contributed by atoms with van der Waals surface area (Å²) in [5.74, 6) is -0.603. The second-order valence-electron chi connectivity index (χ2n) is 13.0. The van der Waals surface area contributed by atoms with Crippen LogP contribution in [0.15, 0.2) is 36.5 Å². The molecular formula is C41H74O5. The molecule has 0 fully saturated rings. The van der Waals surface area contributed by atoms with Crippen molar-refractivity contribution in [2.75, 3.05) is 13.2 Å². The van der Waals surface area contributed by atoms with Gasteiger partial charge in [0.1, 0.15) is 6.61 Å². The highest BCUT2D eigenvalue weighted by Crippen LogP contribution is 2.13. The molecule has 46 heavy (non-hydrogen) atoms. The van der Waals surface area contributed by atoms with Gasteiger partial charge in [0.05, 0.1) is 6.61 Å². The van der Waals surface area contributed by atoms with Crippen LogP contribution in [-0.2, 0) is 19.1 Å². The topological polar surface area (TPSA) is 72.8 Å². The number of unbranched alkanes of at least 4 members (excludes halogenated alkanes) is 21. The smallest absolute Gasteiger partial charge is 0.306 e. The first-order valence-electron chi connectivity index (χ1n) is 19.5. The fraction of sp³-hybridized carbons (Fsp3) is 0.805. The van der Waals surface area contributed by atoms with Crippen LogP contribution in [0.4, 0.5) is 0 Å². The highest BCUT2D eigenvalue weighted by Gasteiger charge is 2.16. The fourth-order valence-corrected chi connectivity index (χ4v) is 5.44. The van der Waals surface area contributed by atoms with E-state index in [1.807, 2.05) is 0 Å². The quantitative estimate of drug-likeness (QED) is 0.0421. The zero-order chi connectivity index (χ0) is 33.6. The minimum atomic E-state index is -0.774. The van der Waals surface area contributed by atoms with Crippen LogP contribution in [0.1, 0.15) is 194 Å². The Labute approximate surface area is 285 Å². The third-order valence-electron chi connectivity index (χ3n) is 8.44. The first kappa shape index (κ1) is 44.1. The van der Waals surface area contributed by atoms with Crippen LogP contribution in [-0.4, -0.2) is 36.4 Å². The minimum Gasteiger partial charge on any atom is -0.462 e. The summed E-state index contributed by atoms with van der Waals surface area (Å²) in [6, 6.07) is 0. The zero-order valence-corrected chi connectivity index (χ0v) is 30.3. The van der Waals surface area contributed by atoms with Gasteiger partial charge in [0.2, 0.25) is 0 Å². The van der Waals surface area contributed by atoms with E-state index in [2.05, 4.69) is 50.3 Å². The number of allylic oxidation sites excluding steroid dienone is 6. The average molecular weight is 647 g/mol. The average Bonchev–Trinajstić information content (AvgIpc) is 3.06. The fourth-order valence-electron chi connectivity index (χ4n) is 5.44. The third kappa shape index (κ3) is 35.0. The summed E-state index contributed by atoms with van der Waals surface area (Å²) in [7, 11) is 0. The minimum absolute atomic E-state index is 0.0690. The van der Waals surface area contributed by atoms with Gasteiger partial charge in [0, 0.05) is 12.8 Å². The Kier molecular flexibility index (Phi) is 36.0. The van der Waals surface area contributed by atoms with Crippen LogP contribution in [0.2, 0.25) is 0 Å². The van der Waals surface area contributed by atoms with Crippen molar-refractivity contribution in [3.63, 3.8) is 0 Å². The number of hydrogen-bond donors (Lipinski definition) is 1. The number of carbonyl (C=O) groups is 2. The van der Waals surface area contributed by atoms with Crippen LogP contribution < -0.4 is 0 Å². The zero-order valence-electron chi connectivity index (χ0n) is 30.3. The summed E-state index contributed by atoms with van der Waals surface area (Å²) >= 11 is 0. The predicted molar refractivity (Wildman–Crippen MR) is 196 cm³/mol. The van der Waals surface area contributed by atoms with Gasteiger partial charge in [0.25, 0.3) is 0 Å². The molecule has 1 atom stereocenters. The second kappa shape index (κ2) is 37.6. The number of rotatable bonds is 35. The second-order valence-corrected chi connectivity index (χ2v) is 13.0. The number of carbonyl (C=O) groups excluding carboxylic acids is 2. The molecule has 0 aliphatic carbocycles. The lowest BCUT2D eigenvalue weighted by Gasteiger charge is -2.15. The molecule has 0 aromatic rings. The Morgan fingerprint density at radius 3 is 1.30 bits per heavy atom. The molecule has 1 N–H and O–H groups in total. The molecule has 5 heteroatoms. The van der Waals surface area contributed by atoms with Gasteiger partial charge in [0.15, 0.2) is 6.10 Å². The molecular weight excluding hydrogens is 572 g/mol. The maximum absolute atomic E-state index is 12.2. The first-order valence-corrected chi connectivity index (χ1v) is 19.5. The number of hydrogen-bond acceptors (Lipinski definition) is 5. The normalized spacial score (nSPS) is 12.5. The number of ether oxygens (including phenoxy) is 2. The molecule has 0 aliphatic rings. The van der Waals surface area contributed by atoms with Crippen molar-refractivity contribution < 1.29 is 24.2 Å². The van der Waals surface area contributed by atoms with Crippen LogP contribution in [0.25, 0.3) is 0 Å². The van der Waals surface area contributed by atoms with Gasteiger partial charge in [-0.15, -0.1) is 0 Å². The molecule has 0 radical (unpaired) electrons. The van der Waals surface area contributed by atoms with Crippen LogP contribution >= 0.6 is 0 Å². The summed E-state index contributed by atoms with van der Waals surface area (Å²) in [5, 5.41) is 9.53. The number of aliphatic hydroxyl groups is 1. The van der Waals surface area contributed by atoms with Gasteiger partial charge in [-0.25, -0.2) is 0 Å². The Morgan fingerprint density at radius 1 is 0.500 bits per heavy atom. The molecule has 0 rings (SSSR count). The van der Waals surface area contributed by atoms with Crippen molar-refractivity contribution in [3.8, 4) is 0 Å². The molecule has 5 nitrogen and oxygen atoms in total. The molecule has 1 unspecified atom stereocenters. The van der Waals surface area contributed by atoms with Gasteiger partial charge in [-0.3, -0.25) is 9.59 Å². The Balaban J connectivity index is 3.58. The lowest BCUT2D eigenvalue weighted by molar-refractivity contribution is -0.161. The standard InChI is InChI=1S/C41H74O5/c1-3-5-7-9-11-13-15-16-17-18-19-20-21-22-23-24-26-28-30-32-34-36-41(44)46-39(37-42)38-45-40(43)35-33-31-29-27-25-14-12-10-8-6-4-2/h15-16,18-19,21-22,39,42H,3-14,17,20,23-38H2,1-2H3/b16-15-,19-18-,22-21-. The van der Waals surface area contributed by atoms with E-state index in [1.54, 1.807) is 0 Å². The van der Waals surface area contributed by atoms with E-state index < -0.39 is 6.10 Å². The van der Waals surface area contributed by atoms with E-state index in [0.717, 1.165) is 57.8 Å². The van der Waals surface area contributed by atoms with E-state index in [1.165, 1.54) is 109 Å². The van der Waals surface area contributed by atoms with Crippen molar-refractivity contribution in [1.29, 1.82) is 0 Å². The summed E-state index contributed by atoms with van der Waals surface area (Å²) in [6.45, 7) is 4.10. The van der Waals surface area contributed by atoms with E-state index in [4.69, 9.17) is 9.47 Å². The van der Waals surface area contributed by atoms with E-state index in [-0.39, 0.29) is 25.2 Å². The van der Waals surface area contributed by atoms with Crippen LogP contribution in [0.3, 0.4) is 0 Å². The lowest BCUT2D eigenvalue weighted by Crippen LogP contribution is -2.28. The maximum Gasteiger partial charge on any atom is 0.306 e. The molecule has 0 bridgehead atoms. The van der Waals surface area contributed by atoms with Crippen molar-refractivity contribution in [1.82, 2.24) is 0 Å². The molecule has 0 saturated heterocycles. The highest BCUT2D eigenvalue weighted by molar-refractivity contribution is 5.70. The molecule has 0 aromatic heterocycles. The predicted octanol–water partition coefficient (Wildman–Crippen LogP) is 12.1. The summed E-state index contributed by atoms with van der Waals surface area (Å²) < 4.78 is 10.6. The largest absolute Gasteiger partial charge is 0.462 e. The van der Waals surface area contributed by atoms with Gasteiger partial charge in [-0.2, -0.15) is 0 Å². The van der Waals surface area contributed by atoms with Gasteiger partial charge >= 0.3 is 11.9 Å². The van der Waals surface area contributed by atoms with Crippen molar-refractivity contribution in [3.05, 3.63) is 36.5 Å². The first-order chi connectivity index (χ1) is 22.6. The van der Waals surface area contributed by atoms with Crippen molar-refractivity contribution in [2.45, 2.75) is 200 Å². The Morgan fingerprint density at radius 2 is 0.870 bits per heavy atom. The Hall–Kier alpha value is -1.88. The van der Waals surface area contributed by atoms with Crippen LogP contribution in [0, 0.1) is 0 Å². The van der Waals surface area contributed by atoms with Gasteiger partial charge in [-0.05, 0) is 51.4 Å². The Bertz CT molecular complexity index is 741. The van der Waals surface area contributed by atoms with Crippen LogP contribution in [0.5, 0.6) is 0 Å². The summed E-state index contributed by atoms with van der Waals surface area (Å²) in [6.07, 6.45) is 44.9. The third-order valence-corrected chi connectivity index (χ3v) is 8.44. The van der Waals surface area contributed by atoms with E-state index in [0.29, 0.717) is 12.8 Å². The van der Waals surface area contributed by atoms with Gasteiger partial charge in [-0.1, -0.05) is 166 Å².